The Balaban J connectivity index is 0. The molecule has 0 aliphatic rings. The molecule has 0 radical (unpaired) electrons. The van der Waals surface area contributed by atoms with E-state index in [9.17, 15) is 14.4 Å². The molecule has 0 aromatic heterocycles. The number of ether oxygens (including phenoxy) is 1. The van der Waals surface area contributed by atoms with Crippen LogP contribution in [0, 0.1) is 0 Å². The topological polar surface area (TPSA) is 141 Å². The third-order valence-corrected chi connectivity index (χ3v) is 1.60. The zero-order valence-electron chi connectivity index (χ0n) is 7.54. The van der Waals surface area contributed by atoms with E-state index in [0.29, 0.717) is 0 Å². The third-order valence-electron chi connectivity index (χ3n) is 1.60. The molecule has 0 rings (SSSR count). The van der Waals surface area contributed by atoms with E-state index in [4.69, 9.17) is 20.4 Å². The van der Waals surface area contributed by atoms with Gasteiger partial charge in [0, 0.05) is 0 Å². The van der Waals surface area contributed by atoms with Gasteiger partial charge in [0.25, 0.3) is 0 Å². The van der Waals surface area contributed by atoms with Gasteiger partial charge < -0.3 is 25.2 Å². The number of carboxylic acids is 3. The SMILES string of the molecule is O=C(O)CC(CC(=O)O)(OCO)C(=O)O.[NaH]. The van der Waals surface area contributed by atoms with Crippen molar-refractivity contribution in [2.75, 3.05) is 6.79 Å². The van der Waals surface area contributed by atoms with Gasteiger partial charge >= 0.3 is 47.5 Å². The molecule has 0 spiro atoms. The van der Waals surface area contributed by atoms with Crippen LogP contribution in [-0.2, 0) is 19.1 Å². The van der Waals surface area contributed by atoms with Crippen LogP contribution in [0.1, 0.15) is 12.8 Å². The molecule has 4 N–H and O–H groups in total. The summed E-state index contributed by atoms with van der Waals surface area (Å²) in [6.07, 6.45) is -2.09. The maximum atomic E-state index is 10.7. The molecule has 0 aliphatic heterocycles. The summed E-state index contributed by atoms with van der Waals surface area (Å²) in [5.74, 6) is -4.82. The van der Waals surface area contributed by atoms with Crippen LogP contribution >= 0.6 is 0 Å². The van der Waals surface area contributed by atoms with Gasteiger partial charge in [-0.15, -0.1) is 0 Å². The summed E-state index contributed by atoms with van der Waals surface area (Å²) in [5.41, 5.74) is -2.44. The minimum atomic E-state index is -2.44. The summed E-state index contributed by atoms with van der Waals surface area (Å²) in [5, 5.41) is 33.9. The number of hydrogen-bond donors (Lipinski definition) is 4. The van der Waals surface area contributed by atoms with Crippen molar-refractivity contribution in [2.45, 2.75) is 18.4 Å². The zero-order chi connectivity index (χ0) is 12.1. The van der Waals surface area contributed by atoms with Crippen molar-refractivity contribution >= 4 is 47.5 Å². The number of carboxylic acid groups (broad SMARTS) is 3. The Morgan fingerprint density at radius 2 is 1.38 bits per heavy atom. The van der Waals surface area contributed by atoms with Gasteiger partial charge in [0.2, 0.25) is 0 Å². The predicted molar refractivity (Wildman–Crippen MR) is 50.2 cm³/mol. The van der Waals surface area contributed by atoms with Gasteiger partial charge in [-0.2, -0.15) is 0 Å². The first-order valence-electron chi connectivity index (χ1n) is 3.76. The molecule has 9 heteroatoms. The molecule has 0 saturated heterocycles. The van der Waals surface area contributed by atoms with Gasteiger partial charge in [0.1, 0.15) is 6.79 Å². The van der Waals surface area contributed by atoms with Crippen LogP contribution in [0.2, 0.25) is 0 Å². The number of aliphatic hydroxyl groups is 1. The molecule has 88 valence electrons. The van der Waals surface area contributed by atoms with Crippen LogP contribution in [0.5, 0.6) is 0 Å². The van der Waals surface area contributed by atoms with E-state index in [-0.39, 0.29) is 29.6 Å². The van der Waals surface area contributed by atoms with E-state index in [0.717, 1.165) is 0 Å². The summed E-state index contributed by atoms with van der Waals surface area (Å²) in [6, 6.07) is 0. The van der Waals surface area contributed by atoms with E-state index in [1.807, 2.05) is 0 Å². The molecule has 0 aliphatic carbocycles. The van der Waals surface area contributed by atoms with Crippen molar-refractivity contribution in [2.24, 2.45) is 0 Å². The Kier molecular flexibility index (Phi) is 8.39. The number of aliphatic hydroxyl groups excluding tert-OH is 1. The fraction of sp³-hybridized carbons (Fsp3) is 0.571. The molecule has 0 heterocycles. The average molecular weight is 246 g/mol. The molecule has 0 aromatic rings. The van der Waals surface area contributed by atoms with E-state index < -0.39 is 43.1 Å². The van der Waals surface area contributed by atoms with Gasteiger partial charge in [0.05, 0.1) is 12.8 Å². The van der Waals surface area contributed by atoms with Crippen LogP contribution in [0.4, 0.5) is 0 Å². The first-order chi connectivity index (χ1) is 6.84. The van der Waals surface area contributed by atoms with Crippen molar-refractivity contribution in [1.29, 1.82) is 0 Å². The van der Waals surface area contributed by atoms with Gasteiger partial charge in [-0.1, -0.05) is 0 Å². The molecule has 8 nitrogen and oxygen atoms in total. The van der Waals surface area contributed by atoms with Gasteiger partial charge in [-0.05, 0) is 0 Å². The molecule has 0 aromatic carbocycles. The predicted octanol–water partition coefficient (Wildman–Crippen LogP) is -1.92. The second-order valence-electron chi connectivity index (χ2n) is 2.71. The normalized spacial score (nSPS) is 10.3. The second kappa shape index (κ2) is 7.58. The Bertz CT molecular complexity index is 260. The van der Waals surface area contributed by atoms with Crippen molar-refractivity contribution in [3.63, 3.8) is 0 Å². The average Bonchev–Trinajstić information content (AvgIpc) is 2.01. The Morgan fingerprint density at radius 3 is 1.56 bits per heavy atom. The number of hydrogen-bond acceptors (Lipinski definition) is 5. The summed E-state index contributed by atoms with van der Waals surface area (Å²) < 4.78 is 4.31. The van der Waals surface area contributed by atoms with Crippen molar-refractivity contribution < 1.29 is 39.5 Å². The van der Waals surface area contributed by atoms with Crippen molar-refractivity contribution in [3.05, 3.63) is 0 Å². The Hall–Kier alpha value is -0.670. The molecule has 0 unspecified atom stereocenters. The Labute approximate surface area is 112 Å². The summed E-state index contributed by atoms with van der Waals surface area (Å²) >= 11 is 0. The van der Waals surface area contributed by atoms with E-state index >= 15 is 0 Å². The first-order valence-corrected chi connectivity index (χ1v) is 3.76. The van der Waals surface area contributed by atoms with Crippen LogP contribution in [0.25, 0.3) is 0 Å². The van der Waals surface area contributed by atoms with Gasteiger partial charge in [-0.3, -0.25) is 9.59 Å². The fourth-order valence-corrected chi connectivity index (χ4v) is 0.990. The van der Waals surface area contributed by atoms with Crippen LogP contribution < -0.4 is 0 Å². The van der Waals surface area contributed by atoms with Crippen LogP contribution in [-0.4, -0.2) is 80.3 Å². The maximum absolute atomic E-state index is 10.7. The number of rotatable bonds is 7. The Morgan fingerprint density at radius 1 is 1.00 bits per heavy atom. The zero-order valence-corrected chi connectivity index (χ0v) is 7.54. The molecule has 0 bridgehead atoms. The molecule has 0 amide bonds. The fourth-order valence-electron chi connectivity index (χ4n) is 0.990. The minimum absolute atomic E-state index is 0. The summed E-state index contributed by atoms with van der Waals surface area (Å²) in [6.45, 7) is -1.08. The van der Waals surface area contributed by atoms with Gasteiger partial charge in [0.15, 0.2) is 5.60 Å². The quantitative estimate of drug-likeness (QED) is 0.301. The van der Waals surface area contributed by atoms with Gasteiger partial charge in [-0.25, -0.2) is 4.79 Å². The summed E-state index contributed by atoms with van der Waals surface area (Å²) in [7, 11) is 0. The van der Waals surface area contributed by atoms with E-state index in [1.54, 1.807) is 0 Å². The van der Waals surface area contributed by atoms with E-state index in [1.165, 1.54) is 0 Å². The van der Waals surface area contributed by atoms with Crippen molar-refractivity contribution in [1.82, 2.24) is 0 Å². The van der Waals surface area contributed by atoms with E-state index in [2.05, 4.69) is 4.74 Å². The first kappa shape index (κ1) is 17.7. The van der Waals surface area contributed by atoms with Crippen LogP contribution in [0.3, 0.4) is 0 Å². The number of carbonyl (C=O) groups is 3. The van der Waals surface area contributed by atoms with Crippen molar-refractivity contribution in [3.8, 4) is 0 Å². The summed E-state index contributed by atoms with van der Waals surface area (Å²) in [4.78, 5) is 31.4. The molecular formula is C7H11NaO8. The second-order valence-corrected chi connectivity index (χ2v) is 2.71. The monoisotopic (exact) mass is 246 g/mol. The standard InChI is InChI=1S/C7H10O8.Na.H/c8-3-15-7(6(13)14,1-4(9)10)2-5(11)12;;/h8H,1-3H2,(H,9,10)(H,11,12)(H,13,14);;. The molecule has 16 heavy (non-hydrogen) atoms. The molecule has 0 saturated carbocycles. The third kappa shape index (κ3) is 5.42. The molecular weight excluding hydrogens is 235 g/mol. The molecule has 0 atom stereocenters. The molecule has 0 fully saturated rings. The number of aliphatic carboxylic acids is 3. The van der Waals surface area contributed by atoms with Crippen LogP contribution in [0.15, 0.2) is 0 Å².